The third kappa shape index (κ3) is 4.61. The highest BCUT2D eigenvalue weighted by Crippen LogP contribution is 2.32. The van der Waals surface area contributed by atoms with Crippen LogP contribution in [0.4, 0.5) is 5.13 Å². The Kier molecular flexibility index (Phi) is 6.68. The second-order valence-corrected chi connectivity index (χ2v) is 10.9. The average molecular weight is 515 g/mol. The number of amides is 1. The molecule has 0 bridgehead atoms. The third-order valence-electron chi connectivity index (χ3n) is 5.56. The molecule has 0 saturated carbocycles. The lowest BCUT2D eigenvalue weighted by Gasteiger charge is -2.19. The molecule has 0 aliphatic carbocycles. The molecule has 1 aliphatic heterocycles. The Morgan fingerprint density at radius 2 is 2.15 bits per heavy atom. The number of fused-ring (bicyclic) bond motifs is 3. The average Bonchev–Trinajstić information content (AvgIpc) is 3.45. The number of hydrogen-bond acceptors (Lipinski definition) is 8. The van der Waals surface area contributed by atoms with Gasteiger partial charge in [-0.3, -0.25) is 14.2 Å². The molecule has 1 aliphatic rings. The van der Waals surface area contributed by atoms with Crippen molar-refractivity contribution in [2.45, 2.75) is 25.0 Å². The number of anilines is 1. The van der Waals surface area contributed by atoms with Crippen LogP contribution in [0.5, 0.6) is 5.75 Å². The third-order valence-corrected chi connectivity index (χ3v) is 8.31. The second kappa shape index (κ2) is 9.87. The number of benzene rings is 1. The van der Waals surface area contributed by atoms with E-state index >= 15 is 0 Å². The van der Waals surface area contributed by atoms with Crippen molar-refractivity contribution in [2.24, 2.45) is 0 Å². The molecule has 0 saturated heterocycles. The first-order valence-corrected chi connectivity index (χ1v) is 13.7. The molecule has 11 heteroatoms. The van der Waals surface area contributed by atoms with Gasteiger partial charge in [-0.05, 0) is 36.8 Å². The van der Waals surface area contributed by atoms with Crippen LogP contribution in [0.1, 0.15) is 17.4 Å². The minimum Gasteiger partial charge on any atom is -0.494 e. The normalized spacial score (nSPS) is 15.3. The van der Waals surface area contributed by atoms with E-state index in [2.05, 4.69) is 17.3 Å². The molecule has 34 heavy (non-hydrogen) atoms. The fourth-order valence-corrected chi connectivity index (χ4v) is 6.73. The molecule has 0 spiro atoms. The van der Waals surface area contributed by atoms with E-state index in [1.165, 1.54) is 32.9 Å². The lowest BCUT2D eigenvalue weighted by Crippen LogP contribution is -3.08. The topological polar surface area (TPSA) is 90.5 Å². The number of thiazole rings is 1. The molecular formula is C23H24N5O3S3+. The number of rotatable bonds is 7. The summed E-state index contributed by atoms with van der Waals surface area (Å²) >= 11 is 4.21. The Balaban J connectivity index is 1.55. The Bertz CT molecular complexity index is 1380. The number of nitrogens with zero attached hydrogens (tertiary/aromatic N) is 3. The zero-order chi connectivity index (χ0) is 23.7. The zero-order valence-electron chi connectivity index (χ0n) is 18.8. The summed E-state index contributed by atoms with van der Waals surface area (Å²) in [5, 5.41) is 6.34. The van der Waals surface area contributed by atoms with Gasteiger partial charge in [-0.25, -0.2) is 9.97 Å². The molecule has 1 unspecified atom stereocenters. The molecule has 5 rings (SSSR count). The van der Waals surface area contributed by atoms with Crippen LogP contribution in [0.15, 0.2) is 45.8 Å². The predicted molar refractivity (Wildman–Crippen MR) is 137 cm³/mol. The maximum Gasteiger partial charge on any atom is 0.267 e. The highest BCUT2D eigenvalue weighted by molar-refractivity contribution is 7.99. The smallest absolute Gasteiger partial charge is 0.267 e. The van der Waals surface area contributed by atoms with Crippen molar-refractivity contribution in [3.63, 3.8) is 0 Å². The lowest BCUT2D eigenvalue weighted by atomic mass is 10.1. The zero-order valence-corrected chi connectivity index (χ0v) is 21.2. The number of thioether (sulfide) groups is 1. The SMILES string of the molecule is CCOc1ccc(-n2c(SCC(=O)Nc3nccs3)nc3sc4c(c3c2=O)CC[NH+](C)C4)cc1. The molecule has 8 nitrogen and oxygen atoms in total. The molecule has 1 atom stereocenters. The molecule has 0 fully saturated rings. The van der Waals surface area contributed by atoms with Crippen LogP contribution in [0.3, 0.4) is 0 Å². The number of ether oxygens (including phenoxy) is 1. The van der Waals surface area contributed by atoms with Gasteiger partial charge in [0.05, 0.1) is 41.9 Å². The van der Waals surface area contributed by atoms with E-state index in [0.717, 1.165) is 35.7 Å². The molecule has 3 aromatic heterocycles. The Labute approximate surface area is 208 Å². The standard InChI is InChI=1S/C23H23N5O3S3/c1-3-31-15-6-4-14(5-7-15)28-21(30)19-16-8-10-27(2)12-17(16)34-20(19)26-23(28)33-13-18(29)25-22-24-9-11-32-22/h4-7,9,11H,3,8,10,12-13H2,1-2H3,(H,24,25,29)/p+1. The van der Waals surface area contributed by atoms with Gasteiger partial charge in [0.15, 0.2) is 10.3 Å². The van der Waals surface area contributed by atoms with E-state index in [-0.39, 0.29) is 17.2 Å². The van der Waals surface area contributed by atoms with Crippen LogP contribution in [0.2, 0.25) is 0 Å². The Hall–Kier alpha value is -2.73. The van der Waals surface area contributed by atoms with E-state index in [1.54, 1.807) is 27.5 Å². The fraction of sp³-hybridized carbons (Fsp3) is 0.304. The molecule has 4 aromatic rings. The van der Waals surface area contributed by atoms with Gasteiger partial charge in [0, 0.05) is 18.0 Å². The van der Waals surface area contributed by atoms with E-state index < -0.39 is 0 Å². The Morgan fingerprint density at radius 3 is 2.88 bits per heavy atom. The lowest BCUT2D eigenvalue weighted by molar-refractivity contribution is -0.895. The quantitative estimate of drug-likeness (QED) is 0.291. The van der Waals surface area contributed by atoms with Crippen molar-refractivity contribution in [1.82, 2.24) is 14.5 Å². The maximum atomic E-state index is 13.8. The van der Waals surface area contributed by atoms with Gasteiger partial charge >= 0.3 is 0 Å². The molecule has 4 heterocycles. The molecule has 1 aromatic carbocycles. The molecule has 0 radical (unpaired) electrons. The summed E-state index contributed by atoms with van der Waals surface area (Å²) < 4.78 is 7.18. The summed E-state index contributed by atoms with van der Waals surface area (Å²) in [5.41, 5.74) is 1.74. The van der Waals surface area contributed by atoms with Crippen LogP contribution >= 0.6 is 34.4 Å². The minimum absolute atomic E-state index is 0.0888. The van der Waals surface area contributed by atoms with E-state index in [9.17, 15) is 9.59 Å². The van der Waals surface area contributed by atoms with Gasteiger partial charge in [-0.15, -0.1) is 22.7 Å². The van der Waals surface area contributed by atoms with Crippen LogP contribution in [0.25, 0.3) is 15.9 Å². The number of thiophene rings is 1. The van der Waals surface area contributed by atoms with E-state index in [1.807, 2.05) is 31.2 Å². The van der Waals surface area contributed by atoms with Gasteiger partial charge in [0.2, 0.25) is 5.91 Å². The monoisotopic (exact) mass is 514 g/mol. The first-order chi connectivity index (χ1) is 16.5. The molecular weight excluding hydrogens is 490 g/mol. The number of nitrogens with one attached hydrogen (secondary N) is 2. The van der Waals surface area contributed by atoms with E-state index in [4.69, 9.17) is 9.72 Å². The minimum atomic E-state index is -0.191. The highest BCUT2D eigenvalue weighted by atomic mass is 32.2. The van der Waals surface area contributed by atoms with Gasteiger partial charge in [0.25, 0.3) is 5.56 Å². The predicted octanol–water partition coefficient (Wildman–Crippen LogP) is 2.60. The number of quaternary nitrogens is 1. The summed E-state index contributed by atoms with van der Waals surface area (Å²) in [5.74, 6) is 0.666. The van der Waals surface area contributed by atoms with Gasteiger partial charge in [-0.1, -0.05) is 11.8 Å². The van der Waals surface area contributed by atoms with Gasteiger partial charge in [-0.2, -0.15) is 0 Å². The highest BCUT2D eigenvalue weighted by Gasteiger charge is 2.26. The molecule has 176 valence electrons. The number of carbonyl (C=O) groups excluding carboxylic acids is 1. The summed E-state index contributed by atoms with van der Waals surface area (Å²) in [7, 11) is 2.17. The molecule has 1 amide bonds. The largest absolute Gasteiger partial charge is 0.494 e. The number of carbonyl (C=O) groups is 1. The summed E-state index contributed by atoms with van der Waals surface area (Å²) in [4.78, 5) is 38.7. The number of likely N-dealkylation sites (N-methyl/N-ethyl adjacent to an activating group) is 1. The van der Waals surface area contributed by atoms with Crippen LogP contribution in [-0.2, 0) is 17.8 Å². The van der Waals surface area contributed by atoms with Crippen molar-refractivity contribution in [1.29, 1.82) is 0 Å². The number of aromatic nitrogens is 3. The van der Waals surface area contributed by atoms with Crippen molar-refractivity contribution in [3.8, 4) is 11.4 Å². The van der Waals surface area contributed by atoms with Crippen LogP contribution in [0, 0.1) is 0 Å². The number of hydrogen-bond donors (Lipinski definition) is 2. The second-order valence-electron chi connectivity index (χ2n) is 7.95. The first kappa shape index (κ1) is 23.0. The fourth-order valence-electron chi connectivity index (χ4n) is 3.99. The van der Waals surface area contributed by atoms with Crippen molar-refractivity contribution >= 4 is 55.7 Å². The Morgan fingerprint density at radius 1 is 1.32 bits per heavy atom. The first-order valence-electron chi connectivity index (χ1n) is 11.0. The maximum absolute atomic E-state index is 13.8. The van der Waals surface area contributed by atoms with Crippen LogP contribution < -0.4 is 20.5 Å². The summed E-state index contributed by atoms with van der Waals surface area (Å²) in [6.45, 7) is 4.40. The summed E-state index contributed by atoms with van der Waals surface area (Å²) in [6.07, 6.45) is 2.51. The summed E-state index contributed by atoms with van der Waals surface area (Å²) in [6, 6.07) is 7.41. The van der Waals surface area contributed by atoms with E-state index in [0.29, 0.717) is 28.0 Å². The molecule has 2 N–H and O–H groups in total. The van der Waals surface area contributed by atoms with Gasteiger partial charge < -0.3 is 15.0 Å². The van der Waals surface area contributed by atoms with Gasteiger partial charge in [0.1, 0.15) is 17.1 Å². The van der Waals surface area contributed by atoms with Crippen molar-refractivity contribution in [3.05, 3.63) is 56.6 Å². The van der Waals surface area contributed by atoms with Crippen molar-refractivity contribution < 1.29 is 14.4 Å². The van der Waals surface area contributed by atoms with Crippen molar-refractivity contribution in [2.75, 3.05) is 31.3 Å². The van der Waals surface area contributed by atoms with Crippen LogP contribution in [-0.4, -0.2) is 46.4 Å².